The number of aryl methyl sites for hydroxylation is 1. The quantitative estimate of drug-likeness (QED) is 0.778. The Hall–Kier alpha value is -1.32. The van der Waals surface area contributed by atoms with Gasteiger partial charge in [0.25, 0.3) is 5.56 Å². The lowest BCUT2D eigenvalue weighted by atomic mass is 10.2. The first-order valence-corrected chi connectivity index (χ1v) is 6.02. The fraction of sp³-hybridized carbons (Fsp3) is 0.667. The van der Waals surface area contributed by atoms with E-state index in [4.69, 9.17) is 0 Å². The van der Waals surface area contributed by atoms with Gasteiger partial charge in [0.05, 0.1) is 0 Å². The maximum atomic E-state index is 11.4. The molecule has 0 spiro atoms. The van der Waals surface area contributed by atoms with E-state index >= 15 is 0 Å². The Bertz CT molecular complexity index is 373. The molecular weight excluding hydrogens is 202 g/mol. The fourth-order valence-corrected chi connectivity index (χ4v) is 1.40. The molecule has 4 heteroatoms. The van der Waals surface area contributed by atoms with E-state index in [0.717, 1.165) is 31.4 Å². The maximum absolute atomic E-state index is 11.4. The lowest BCUT2D eigenvalue weighted by molar-refractivity contribution is 0.739. The smallest absolute Gasteiger partial charge is 0.252 e. The van der Waals surface area contributed by atoms with Crippen molar-refractivity contribution >= 4 is 5.95 Å². The van der Waals surface area contributed by atoms with Gasteiger partial charge in [-0.2, -0.15) is 0 Å². The molecule has 1 atom stereocenters. The minimum atomic E-state index is -0.0769. The number of aromatic nitrogens is 2. The number of anilines is 1. The predicted molar refractivity (Wildman–Crippen MR) is 66.8 cm³/mol. The molecule has 0 bridgehead atoms. The molecule has 0 saturated heterocycles. The normalized spacial score (nSPS) is 12.4. The monoisotopic (exact) mass is 223 g/mol. The summed E-state index contributed by atoms with van der Waals surface area (Å²) in [7, 11) is 0. The zero-order valence-corrected chi connectivity index (χ0v) is 10.3. The van der Waals surface area contributed by atoms with E-state index in [1.54, 1.807) is 6.07 Å². The van der Waals surface area contributed by atoms with Crippen molar-refractivity contribution in [2.75, 3.05) is 5.32 Å². The summed E-state index contributed by atoms with van der Waals surface area (Å²) in [5, 5.41) is 3.18. The Morgan fingerprint density at radius 2 is 2.25 bits per heavy atom. The molecule has 0 aromatic carbocycles. The molecule has 0 amide bonds. The molecule has 4 nitrogen and oxygen atoms in total. The van der Waals surface area contributed by atoms with Crippen molar-refractivity contribution in [1.29, 1.82) is 0 Å². The van der Waals surface area contributed by atoms with Crippen molar-refractivity contribution in [2.45, 2.75) is 52.5 Å². The molecule has 1 aromatic heterocycles. The first kappa shape index (κ1) is 12.7. The number of hydrogen-bond donors (Lipinski definition) is 2. The number of rotatable bonds is 6. The third-order valence-electron chi connectivity index (χ3n) is 2.58. The molecule has 2 N–H and O–H groups in total. The van der Waals surface area contributed by atoms with Crippen LogP contribution in [0.4, 0.5) is 5.95 Å². The number of aromatic amines is 1. The van der Waals surface area contributed by atoms with Gasteiger partial charge in [-0.1, -0.05) is 20.3 Å². The number of unbranched alkanes of at least 4 members (excludes halogenated alkanes) is 1. The van der Waals surface area contributed by atoms with Crippen molar-refractivity contribution in [2.24, 2.45) is 0 Å². The van der Waals surface area contributed by atoms with Crippen LogP contribution in [0, 0.1) is 0 Å². The minimum absolute atomic E-state index is 0.0769. The van der Waals surface area contributed by atoms with Crippen LogP contribution in [0.3, 0.4) is 0 Å². The van der Waals surface area contributed by atoms with Gasteiger partial charge in [-0.25, -0.2) is 4.98 Å². The van der Waals surface area contributed by atoms with Crippen LogP contribution in [0.1, 0.15) is 45.7 Å². The van der Waals surface area contributed by atoms with E-state index in [1.165, 1.54) is 0 Å². The average Bonchev–Trinajstić information content (AvgIpc) is 2.25. The van der Waals surface area contributed by atoms with Crippen molar-refractivity contribution in [3.63, 3.8) is 0 Å². The molecule has 16 heavy (non-hydrogen) atoms. The molecule has 0 aliphatic carbocycles. The number of hydrogen-bond acceptors (Lipinski definition) is 3. The molecular formula is C12H21N3O. The van der Waals surface area contributed by atoms with E-state index in [0.29, 0.717) is 12.0 Å². The molecule has 0 radical (unpaired) electrons. The van der Waals surface area contributed by atoms with Crippen LogP contribution in [0.15, 0.2) is 10.9 Å². The molecule has 1 rings (SSSR count). The van der Waals surface area contributed by atoms with E-state index in [-0.39, 0.29) is 5.56 Å². The Kier molecular flexibility index (Phi) is 5.02. The van der Waals surface area contributed by atoms with Gasteiger partial charge < -0.3 is 5.32 Å². The minimum Gasteiger partial charge on any atom is -0.353 e. The van der Waals surface area contributed by atoms with E-state index in [9.17, 15) is 4.79 Å². The Morgan fingerprint density at radius 3 is 2.88 bits per heavy atom. The lowest BCUT2D eigenvalue weighted by Crippen LogP contribution is -2.20. The van der Waals surface area contributed by atoms with E-state index < -0.39 is 0 Å². The summed E-state index contributed by atoms with van der Waals surface area (Å²) in [5.74, 6) is 0.591. The van der Waals surface area contributed by atoms with Crippen LogP contribution in [0.5, 0.6) is 0 Å². The highest BCUT2D eigenvalue weighted by Gasteiger charge is 2.03. The number of nitrogens with zero attached hydrogens (tertiary/aromatic N) is 1. The maximum Gasteiger partial charge on any atom is 0.252 e. The average molecular weight is 223 g/mol. The summed E-state index contributed by atoms with van der Waals surface area (Å²) in [6.45, 7) is 6.29. The highest BCUT2D eigenvalue weighted by molar-refractivity contribution is 5.26. The van der Waals surface area contributed by atoms with Gasteiger partial charge in [0.1, 0.15) is 0 Å². The molecule has 0 fully saturated rings. The summed E-state index contributed by atoms with van der Waals surface area (Å²) < 4.78 is 0. The summed E-state index contributed by atoms with van der Waals surface area (Å²) in [6.07, 6.45) is 4.06. The van der Waals surface area contributed by atoms with Crippen molar-refractivity contribution in [3.8, 4) is 0 Å². The summed E-state index contributed by atoms with van der Waals surface area (Å²) in [4.78, 5) is 18.5. The summed E-state index contributed by atoms with van der Waals surface area (Å²) >= 11 is 0. The first-order chi connectivity index (χ1) is 7.65. The second-order valence-electron chi connectivity index (χ2n) is 4.14. The van der Waals surface area contributed by atoms with Crippen LogP contribution < -0.4 is 10.9 Å². The second kappa shape index (κ2) is 6.30. The highest BCUT2D eigenvalue weighted by atomic mass is 16.1. The topological polar surface area (TPSA) is 57.8 Å². The van der Waals surface area contributed by atoms with Gasteiger partial charge in [-0.3, -0.25) is 9.78 Å². The van der Waals surface area contributed by atoms with Gasteiger partial charge in [0.2, 0.25) is 5.95 Å². The molecule has 1 unspecified atom stereocenters. The van der Waals surface area contributed by atoms with Gasteiger partial charge in [0, 0.05) is 17.8 Å². The first-order valence-electron chi connectivity index (χ1n) is 6.02. The number of H-pyrrole nitrogens is 1. The number of nitrogens with one attached hydrogen (secondary N) is 2. The molecule has 1 aromatic rings. The fourth-order valence-electron chi connectivity index (χ4n) is 1.40. The van der Waals surface area contributed by atoms with E-state index in [1.807, 2.05) is 0 Å². The Balaban J connectivity index is 2.77. The van der Waals surface area contributed by atoms with Crippen molar-refractivity contribution in [3.05, 3.63) is 22.1 Å². The van der Waals surface area contributed by atoms with Gasteiger partial charge in [-0.15, -0.1) is 0 Å². The molecule has 0 saturated carbocycles. The van der Waals surface area contributed by atoms with Crippen LogP contribution in [-0.2, 0) is 6.42 Å². The zero-order chi connectivity index (χ0) is 12.0. The van der Waals surface area contributed by atoms with Crippen molar-refractivity contribution < 1.29 is 0 Å². The molecule has 1 heterocycles. The molecule has 0 aliphatic heterocycles. The predicted octanol–water partition coefficient (Wildman–Crippen LogP) is 2.32. The Labute approximate surface area is 96.5 Å². The zero-order valence-electron chi connectivity index (χ0n) is 10.3. The summed E-state index contributed by atoms with van der Waals surface area (Å²) in [5.41, 5.74) is 0.795. The summed E-state index contributed by atoms with van der Waals surface area (Å²) in [6, 6.07) is 1.90. The third-order valence-corrected chi connectivity index (χ3v) is 2.58. The van der Waals surface area contributed by atoms with Crippen LogP contribution in [-0.4, -0.2) is 16.0 Å². The van der Waals surface area contributed by atoms with Crippen LogP contribution >= 0.6 is 0 Å². The molecule has 90 valence electrons. The highest BCUT2D eigenvalue weighted by Crippen LogP contribution is 2.04. The van der Waals surface area contributed by atoms with Crippen molar-refractivity contribution in [1.82, 2.24) is 9.97 Å². The Morgan fingerprint density at radius 1 is 1.50 bits per heavy atom. The largest absolute Gasteiger partial charge is 0.353 e. The van der Waals surface area contributed by atoms with Crippen LogP contribution in [0.2, 0.25) is 0 Å². The SMILES string of the molecule is CCCCc1cc(=O)[nH]c(NC(C)CC)n1. The second-order valence-corrected chi connectivity index (χ2v) is 4.14. The van der Waals surface area contributed by atoms with E-state index in [2.05, 4.69) is 36.1 Å². The molecule has 0 aliphatic rings. The van der Waals surface area contributed by atoms with Crippen LogP contribution in [0.25, 0.3) is 0 Å². The standard InChI is InChI=1S/C12H21N3O/c1-4-6-7-10-8-11(16)15-12(14-10)13-9(3)5-2/h8-9H,4-7H2,1-3H3,(H2,13,14,15,16). The van der Waals surface area contributed by atoms with Gasteiger partial charge in [-0.05, 0) is 26.2 Å². The third kappa shape index (κ3) is 4.04. The lowest BCUT2D eigenvalue weighted by Gasteiger charge is -2.12. The van der Waals surface area contributed by atoms with Gasteiger partial charge >= 0.3 is 0 Å². The van der Waals surface area contributed by atoms with Gasteiger partial charge in [0.15, 0.2) is 0 Å².